The van der Waals surface area contributed by atoms with Crippen LogP contribution in [0.1, 0.15) is 17.2 Å². The topological polar surface area (TPSA) is 72.6 Å². The maximum absolute atomic E-state index is 13.0. The number of cyclic esters (lactones) is 1. The normalized spacial score (nSPS) is 18.3. The van der Waals surface area contributed by atoms with Gasteiger partial charge in [-0.1, -0.05) is 42.5 Å². The van der Waals surface area contributed by atoms with Gasteiger partial charge >= 0.3 is 6.09 Å². The first-order valence-electron chi connectivity index (χ1n) is 7.61. The number of nitrogens with two attached hydrogens (primary N) is 1. The molecule has 2 N–H and O–H groups in total. The molecule has 0 aromatic heterocycles. The molecule has 2 aromatic rings. The smallest absolute Gasteiger partial charge is 0.417 e. The maximum Gasteiger partial charge on any atom is 0.417 e. The van der Waals surface area contributed by atoms with E-state index in [9.17, 15) is 14.0 Å². The summed E-state index contributed by atoms with van der Waals surface area (Å²) in [5.41, 5.74) is 7.40. The molecule has 1 aliphatic rings. The number of imide groups is 1. The molecular formula is C18H17FN2O3. The van der Waals surface area contributed by atoms with E-state index in [1.807, 2.05) is 30.3 Å². The van der Waals surface area contributed by atoms with Gasteiger partial charge in [0.05, 0.1) is 6.04 Å². The molecule has 6 heteroatoms. The minimum absolute atomic E-state index is 0.135. The zero-order chi connectivity index (χ0) is 17.1. The molecule has 0 unspecified atom stereocenters. The quantitative estimate of drug-likeness (QED) is 0.935. The van der Waals surface area contributed by atoms with Gasteiger partial charge in [-0.15, -0.1) is 0 Å². The van der Waals surface area contributed by atoms with Crippen LogP contribution in [0.25, 0.3) is 0 Å². The van der Waals surface area contributed by atoms with Crippen molar-refractivity contribution in [2.45, 2.75) is 18.5 Å². The van der Waals surface area contributed by atoms with E-state index < -0.39 is 29.9 Å². The summed E-state index contributed by atoms with van der Waals surface area (Å²) in [5.74, 6) is -0.967. The Morgan fingerprint density at radius 2 is 1.88 bits per heavy atom. The van der Waals surface area contributed by atoms with Gasteiger partial charge in [0.2, 0.25) is 0 Å². The summed E-state index contributed by atoms with van der Waals surface area (Å²) in [6.45, 7) is 0.135. The lowest BCUT2D eigenvalue weighted by molar-refractivity contribution is -0.130. The minimum atomic E-state index is -1.05. The number of nitrogens with zero attached hydrogens (tertiary/aromatic N) is 1. The van der Waals surface area contributed by atoms with Crippen LogP contribution in [0.3, 0.4) is 0 Å². The molecule has 0 saturated carbocycles. The molecular weight excluding hydrogens is 311 g/mol. The first kappa shape index (κ1) is 16.1. The number of carbonyl (C=O) groups is 2. The zero-order valence-electron chi connectivity index (χ0n) is 12.9. The molecule has 5 nitrogen and oxygen atoms in total. The van der Waals surface area contributed by atoms with Gasteiger partial charge in [0.25, 0.3) is 5.91 Å². The molecule has 124 valence electrons. The Morgan fingerprint density at radius 1 is 1.21 bits per heavy atom. The van der Waals surface area contributed by atoms with Crippen molar-refractivity contribution >= 4 is 12.0 Å². The molecule has 3 rings (SSSR count). The number of hydrogen-bond donors (Lipinski definition) is 1. The van der Waals surface area contributed by atoms with Gasteiger partial charge in [-0.3, -0.25) is 4.79 Å². The summed E-state index contributed by atoms with van der Waals surface area (Å²) in [7, 11) is 0. The van der Waals surface area contributed by atoms with E-state index in [0.717, 1.165) is 10.5 Å². The fourth-order valence-electron chi connectivity index (χ4n) is 2.73. The first-order chi connectivity index (χ1) is 11.6. The third-order valence-electron chi connectivity index (χ3n) is 4.01. The second-order valence-electron chi connectivity index (χ2n) is 5.66. The summed E-state index contributed by atoms with van der Waals surface area (Å²) in [4.78, 5) is 25.7. The van der Waals surface area contributed by atoms with Crippen molar-refractivity contribution in [3.05, 3.63) is 71.5 Å². The van der Waals surface area contributed by atoms with Gasteiger partial charge in [0, 0.05) is 0 Å². The van der Waals surface area contributed by atoms with Crippen LogP contribution in [-0.2, 0) is 16.0 Å². The van der Waals surface area contributed by atoms with E-state index in [1.165, 1.54) is 24.3 Å². The van der Waals surface area contributed by atoms with Crippen LogP contribution < -0.4 is 5.73 Å². The number of carbonyl (C=O) groups excluding carboxylic acids is 2. The summed E-state index contributed by atoms with van der Waals surface area (Å²) in [5, 5.41) is 0. The second-order valence-corrected chi connectivity index (χ2v) is 5.66. The number of ether oxygens (including phenoxy) is 1. The van der Waals surface area contributed by atoms with Crippen molar-refractivity contribution in [3.8, 4) is 0 Å². The van der Waals surface area contributed by atoms with E-state index >= 15 is 0 Å². The van der Waals surface area contributed by atoms with Crippen LogP contribution in [0.15, 0.2) is 54.6 Å². The minimum Gasteiger partial charge on any atom is -0.447 e. The van der Waals surface area contributed by atoms with Crippen LogP contribution in [0, 0.1) is 5.82 Å². The van der Waals surface area contributed by atoms with E-state index in [4.69, 9.17) is 10.5 Å². The molecule has 1 heterocycles. The molecule has 0 spiro atoms. The van der Waals surface area contributed by atoms with Crippen LogP contribution in [0.5, 0.6) is 0 Å². The Bertz CT molecular complexity index is 734. The van der Waals surface area contributed by atoms with Crippen molar-refractivity contribution in [2.75, 3.05) is 6.61 Å². The average molecular weight is 328 g/mol. The highest BCUT2D eigenvalue weighted by atomic mass is 19.1. The Morgan fingerprint density at radius 3 is 2.54 bits per heavy atom. The van der Waals surface area contributed by atoms with Crippen molar-refractivity contribution in [3.63, 3.8) is 0 Å². The summed E-state index contributed by atoms with van der Waals surface area (Å²) in [6.07, 6.45) is -0.201. The fraction of sp³-hybridized carbons (Fsp3) is 0.222. The molecule has 24 heavy (non-hydrogen) atoms. The third-order valence-corrected chi connectivity index (χ3v) is 4.01. The number of rotatable bonds is 4. The molecule has 0 aliphatic carbocycles. The SMILES string of the molecule is N[C@H](C(=O)N1C(=O)OC[C@@H]1Cc1ccccc1)c1ccc(F)cc1. The number of halogens is 1. The summed E-state index contributed by atoms with van der Waals surface area (Å²) < 4.78 is 18.0. The Balaban J connectivity index is 1.78. The van der Waals surface area contributed by atoms with Gasteiger partial charge in [0.15, 0.2) is 0 Å². The van der Waals surface area contributed by atoms with Crippen LogP contribution in [0.4, 0.5) is 9.18 Å². The summed E-state index contributed by atoms with van der Waals surface area (Å²) >= 11 is 0. The number of hydrogen-bond acceptors (Lipinski definition) is 4. The van der Waals surface area contributed by atoms with Crippen molar-refractivity contribution < 1.29 is 18.7 Å². The lowest BCUT2D eigenvalue weighted by Crippen LogP contribution is -2.45. The predicted molar refractivity (Wildman–Crippen MR) is 85.5 cm³/mol. The van der Waals surface area contributed by atoms with E-state index in [0.29, 0.717) is 12.0 Å². The second kappa shape index (κ2) is 6.80. The van der Waals surface area contributed by atoms with E-state index in [2.05, 4.69) is 0 Å². The first-order valence-corrected chi connectivity index (χ1v) is 7.61. The molecule has 0 bridgehead atoms. The Labute approximate surface area is 138 Å². The lowest BCUT2D eigenvalue weighted by Gasteiger charge is -2.23. The van der Waals surface area contributed by atoms with Gasteiger partial charge in [-0.05, 0) is 29.7 Å². The van der Waals surface area contributed by atoms with E-state index in [-0.39, 0.29) is 6.61 Å². The van der Waals surface area contributed by atoms with Crippen molar-refractivity contribution in [1.29, 1.82) is 0 Å². The van der Waals surface area contributed by atoms with E-state index in [1.54, 1.807) is 0 Å². The monoisotopic (exact) mass is 328 g/mol. The molecule has 2 aromatic carbocycles. The maximum atomic E-state index is 13.0. The van der Waals surface area contributed by atoms with Gasteiger partial charge in [-0.2, -0.15) is 0 Å². The van der Waals surface area contributed by atoms with Crippen molar-refractivity contribution in [2.24, 2.45) is 5.73 Å². The summed E-state index contributed by atoms with van der Waals surface area (Å²) in [6, 6.07) is 13.4. The van der Waals surface area contributed by atoms with Crippen LogP contribution in [-0.4, -0.2) is 29.5 Å². The molecule has 2 atom stereocenters. The van der Waals surface area contributed by atoms with Crippen molar-refractivity contribution in [1.82, 2.24) is 4.90 Å². The molecule has 1 saturated heterocycles. The van der Waals surface area contributed by atoms with Crippen LogP contribution >= 0.6 is 0 Å². The largest absolute Gasteiger partial charge is 0.447 e. The molecule has 0 radical (unpaired) electrons. The zero-order valence-corrected chi connectivity index (χ0v) is 12.9. The highest BCUT2D eigenvalue weighted by Gasteiger charge is 2.40. The average Bonchev–Trinajstić information content (AvgIpc) is 2.95. The standard InChI is InChI=1S/C18H17FN2O3/c19-14-8-6-13(7-9-14)16(20)17(22)21-15(11-24-18(21)23)10-12-4-2-1-3-5-12/h1-9,15-16H,10-11,20H2/t15-,16-/m0/s1. The highest BCUT2D eigenvalue weighted by Crippen LogP contribution is 2.22. The fourth-order valence-corrected chi connectivity index (χ4v) is 2.73. The molecule has 1 fully saturated rings. The van der Waals surface area contributed by atoms with Crippen LogP contribution in [0.2, 0.25) is 0 Å². The van der Waals surface area contributed by atoms with Gasteiger partial charge in [0.1, 0.15) is 18.5 Å². The molecule has 2 amide bonds. The lowest BCUT2D eigenvalue weighted by atomic mass is 10.0. The molecule has 1 aliphatic heterocycles. The number of benzene rings is 2. The number of amides is 2. The van der Waals surface area contributed by atoms with Gasteiger partial charge < -0.3 is 10.5 Å². The Kier molecular flexibility index (Phi) is 4.57. The van der Waals surface area contributed by atoms with Gasteiger partial charge in [-0.25, -0.2) is 14.1 Å². The predicted octanol–water partition coefficient (Wildman–Crippen LogP) is 2.42. The highest BCUT2D eigenvalue weighted by molar-refractivity contribution is 5.96. The third kappa shape index (κ3) is 3.28. The Hall–Kier alpha value is -2.73.